The Kier molecular flexibility index (Phi) is 7.13. The molecule has 1 aliphatic rings. The number of hydrogen-bond acceptors (Lipinski definition) is 7. The maximum atomic E-state index is 13.5. The first-order valence-corrected chi connectivity index (χ1v) is 11.1. The van der Waals surface area contributed by atoms with Crippen molar-refractivity contribution in [3.05, 3.63) is 60.1 Å². The minimum absolute atomic E-state index is 0.0540. The molecule has 9 nitrogen and oxygen atoms in total. The van der Waals surface area contributed by atoms with E-state index in [1.165, 1.54) is 25.4 Å². The van der Waals surface area contributed by atoms with Gasteiger partial charge in [-0.05, 0) is 37.1 Å². The van der Waals surface area contributed by atoms with Crippen molar-refractivity contribution in [1.29, 1.82) is 0 Å². The molecule has 0 spiro atoms. The summed E-state index contributed by atoms with van der Waals surface area (Å²) >= 11 is 0. The minimum Gasteiger partial charge on any atom is -0.453 e. The Balaban J connectivity index is 1.44. The first-order valence-electron chi connectivity index (χ1n) is 11.1. The number of piperidine rings is 1. The van der Waals surface area contributed by atoms with Crippen LogP contribution in [-0.4, -0.2) is 60.2 Å². The van der Waals surface area contributed by atoms with E-state index in [2.05, 4.69) is 15.3 Å². The summed E-state index contributed by atoms with van der Waals surface area (Å²) in [5.74, 6) is -2.18. The van der Waals surface area contributed by atoms with E-state index in [4.69, 9.17) is 9.15 Å². The van der Waals surface area contributed by atoms with Gasteiger partial charge in [0, 0.05) is 31.7 Å². The highest BCUT2D eigenvalue weighted by atomic mass is 19.4. The van der Waals surface area contributed by atoms with Crippen LogP contribution in [0.1, 0.15) is 29.1 Å². The minimum atomic E-state index is -4.90. The summed E-state index contributed by atoms with van der Waals surface area (Å²) in [6.07, 6.45) is -2.47. The highest BCUT2D eigenvalue weighted by Crippen LogP contribution is 2.35. The molecule has 12 heteroatoms. The number of methoxy groups -OCH3 is 1. The smallest absolute Gasteiger partial charge is 0.452 e. The van der Waals surface area contributed by atoms with Gasteiger partial charge in [0.05, 0.1) is 19.0 Å². The van der Waals surface area contributed by atoms with Crippen molar-refractivity contribution in [2.45, 2.75) is 25.1 Å². The number of nitrogens with zero attached hydrogens (tertiary/aromatic N) is 4. The van der Waals surface area contributed by atoms with Crippen LogP contribution in [0.25, 0.3) is 11.5 Å². The number of nitrogens with one attached hydrogen (secondary N) is 1. The number of carbonyl (C=O) groups is 2. The Morgan fingerprint density at radius 1 is 1.14 bits per heavy atom. The molecule has 0 unspecified atom stereocenters. The second-order valence-corrected chi connectivity index (χ2v) is 8.22. The van der Waals surface area contributed by atoms with Crippen molar-refractivity contribution in [3.8, 4) is 11.5 Å². The molecule has 0 radical (unpaired) electrons. The Labute approximate surface area is 204 Å². The number of amides is 2. The number of rotatable bonds is 5. The van der Waals surface area contributed by atoms with Crippen LogP contribution in [0.3, 0.4) is 0 Å². The number of benzene rings is 1. The van der Waals surface area contributed by atoms with Gasteiger partial charge in [0.15, 0.2) is 5.69 Å². The lowest BCUT2D eigenvalue weighted by Crippen LogP contribution is -2.45. The van der Waals surface area contributed by atoms with E-state index in [0.29, 0.717) is 24.5 Å². The van der Waals surface area contributed by atoms with Crippen molar-refractivity contribution < 1.29 is 31.9 Å². The van der Waals surface area contributed by atoms with E-state index in [0.717, 1.165) is 12.8 Å². The van der Waals surface area contributed by atoms with Crippen LogP contribution < -0.4 is 10.2 Å². The molecule has 3 aromatic rings. The maximum Gasteiger partial charge on any atom is 0.452 e. The zero-order valence-corrected chi connectivity index (χ0v) is 19.6. The summed E-state index contributed by atoms with van der Waals surface area (Å²) in [6.45, 7) is 1.31. The van der Waals surface area contributed by atoms with E-state index in [-0.39, 0.29) is 23.7 Å². The van der Waals surface area contributed by atoms with E-state index >= 15 is 0 Å². The molecule has 0 saturated carbocycles. The zero-order valence-electron chi connectivity index (χ0n) is 19.6. The fourth-order valence-corrected chi connectivity index (χ4v) is 3.98. The number of alkyl halides is 3. The first kappa shape index (κ1) is 25.0. The fraction of sp³-hybridized carbons (Fsp3) is 0.333. The summed E-state index contributed by atoms with van der Waals surface area (Å²) in [6, 6.07) is 11.3. The molecule has 0 atom stereocenters. The Hall–Kier alpha value is -4.09. The third-order valence-electron chi connectivity index (χ3n) is 5.92. The van der Waals surface area contributed by atoms with Crippen LogP contribution in [0.5, 0.6) is 0 Å². The molecule has 1 N–H and O–H groups in total. The van der Waals surface area contributed by atoms with E-state index in [9.17, 15) is 22.8 Å². The standard InChI is InChI=1S/C24H24F3N5O4/c1-31(23(34)35-2)17-10-12-32(13-11-17)18-9-8-16(14-28-18)29-21(33)19-20(24(25,26)27)36-22(30-19)15-6-4-3-5-7-15/h3-9,14,17H,10-13H2,1-2H3,(H,29,33). The number of carbonyl (C=O) groups excluding carboxylic acids is 2. The quantitative estimate of drug-likeness (QED) is 0.540. The molecule has 0 aliphatic carbocycles. The van der Waals surface area contributed by atoms with E-state index < -0.39 is 23.5 Å². The number of ether oxygens (including phenoxy) is 1. The van der Waals surface area contributed by atoms with E-state index in [1.54, 1.807) is 42.3 Å². The first-order chi connectivity index (χ1) is 17.2. The molecule has 2 aromatic heterocycles. The molecular weight excluding hydrogens is 479 g/mol. The second kappa shape index (κ2) is 10.3. The lowest BCUT2D eigenvalue weighted by Gasteiger charge is -2.36. The molecule has 190 valence electrons. The molecule has 2 amide bonds. The lowest BCUT2D eigenvalue weighted by atomic mass is 10.0. The number of anilines is 2. The summed E-state index contributed by atoms with van der Waals surface area (Å²) in [5.41, 5.74) is -0.335. The van der Waals surface area contributed by atoms with Gasteiger partial charge in [-0.1, -0.05) is 18.2 Å². The summed E-state index contributed by atoms with van der Waals surface area (Å²) in [5, 5.41) is 2.41. The van der Waals surface area contributed by atoms with Crippen LogP contribution in [0, 0.1) is 0 Å². The van der Waals surface area contributed by atoms with Crippen LogP contribution in [0.4, 0.5) is 29.5 Å². The third kappa shape index (κ3) is 5.42. The number of pyridine rings is 1. The monoisotopic (exact) mass is 503 g/mol. The summed E-state index contributed by atoms with van der Waals surface area (Å²) < 4.78 is 50.2. The molecule has 36 heavy (non-hydrogen) atoms. The molecule has 4 rings (SSSR count). The average Bonchev–Trinajstić information content (AvgIpc) is 3.36. The second-order valence-electron chi connectivity index (χ2n) is 8.22. The Morgan fingerprint density at radius 2 is 1.83 bits per heavy atom. The average molecular weight is 503 g/mol. The Bertz CT molecular complexity index is 1210. The number of hydrogen-bond donors (Lipinski definition) is 1. The largest absolute Gasteiger partial charge is 0.453 e. The molecular formula is C24H24F3N5O4. The molecule has 0 bridgehead atoms. The van der Waals surface area contributed by atoms with Gasteiger partial charge in [-0.3, -0.25) is 4.79 Å². The predicted molar refractivity (Wildman–Crippen MR) is 125 cm³/mol. The van der Waals surface area contributed by atoms with Gasteiger partial charge in [-0.2, -0.15) is 13.2 Å². The molecule has 1 saturated heterocycles. The highest BCUT2D eigenvalue weighted by Gasteiger charge is 2.42. The van der Waals surface area contributed by atoms with Crippen molar-refractivity contribution >= 4 is 23.5 Å². The Morgan fingerprint density at radius 3 is 2.42 bits per heavy atom. The van der Waals surface area contributed by atoms with Crippen molar-refractivity contribution in [2.75, 3.05) is 37.5 Å². The van der Waals surface area contributed by atoms with Gasteiger partial charge in [0.25, 0.3) is 5.91 Å². The molecule has 1 aliphatic heterocycles. The van der Waals surface area contributed by atoms with Gasteiger partial charge in [-0.25, -0.2) is 14.8 Å². The van der Waals surface area contributed by atoms with Crippen LogP contribution in [0.2, 0.25) is 0 Å². The topological polar surface area (TPSA) is 101 Å². The van der Waals surface area contributed by atoms with Crippen molar-refractivity contribution in [2.24, 2.45) is 0 Å². The SMILES string of the molecule is COC(=O)N(C)C1CCN(c2ccc(NC(=O)c3nc(-c4ccccc4)oc3C(F)(F)F)cn2)CC1. The maximum absolute atomic E-state index is 13.5. The van der Waals surface area contributed by atoms with Crippen molar-refractivity contribution in [1.82, 2.24) is 14.9 Å². The molecule has 1 aromatic carbocycles. The van der Waals surface area contributed by atoms with Gasteiger partial charge in [-0.15, -0.1) is 0 Å². The van der Waals surface area contributed by atoms with Crippen LogP contribution >= 0.6 is 0 Å². The van der Waals surface area contributed by atoms with Gasteiger partial charge >= 0.3 is 12.3 Å². The van der Waals surface area contributed by atoms with Crippen LogP contribution in [-0.2, 0) is 10.9 Å². The van der Waals surface area contributed by atoms with Gasteiger partial charge < -0.3 is 24.3 Å². The number of oxazole rings is 1. The van der Waals surface area contributed by atoms with Crippen molar-refractivity contribution in [3.63, 3.8) is 0 Å². The van der Waals surface area contributed by atoms with Gasteiger partial charge in [0.1, 0.15) is 5.82 Å². The fourth-order valence-electron chi connectivity index (χ4n) is 3.98. The predicted octanol–water partition coefficient (Wildman–Crippen LogP) is 4.67. The third-order valence-corrected chi connectivity index (χ3v) is 5.92. The summed E-state index contributed by atoms with van der Waals surface area (Å²) in [4.78, 5) is 36.1. The zero-order chi connectivity index (χ0) is 25.9. The normalized spacial score (nSPS) is 14.4. The summed E-state index contributed by atoms with van der Waals surface area (Å²) in [7, 11) is 3.04. The molecule has 1 fully saturated rings. The van der Waals surface area contributed by atoms with Gasteiger partial charge in [0.2, 0.25) is 11.7 Å². The number of aromatic nitrogens is 2. The van der Waals surface area contributed by atoms with Crippen LogP contribution in [0.15, 0.2) is 53.1 Å². The highest BCUT2D eigenvalue weighted by molar-refractivity contribution is 6.04. The lowest BCUT2D eigenvalue weighted by molar-refractivity contribution is -0.153. The molecule has 3 heterocycles. The number of halogens is 3. The van der Waals surface area contributed by atoms with E-state index in [1.807, 2.05) is 4.90 Å².